The van der Waals surface area contributed by atoms with Crippen LogP contribution in [-0.2, 0) is 6.54 Å². The number of halogens is 1. The van der Waals surface area contributed by atoms with Crippen molar-refractivity contribution in [2.45, 2.75) is 70.9 Å². The van der Waals surface area contributed by atoms with E-state index in [-0.39, 0.29) is 5.82 Å². The van der Waals surface area contributed by atoms with Crippen LogP contribution < -0.4 is 5.32 Å². The van der Waals surface area contributed by atoms with Gasteiger partial charge in [0.05, 0.1) is 12.2 Å². The SMILES string of the molecule is CC(C)c1ccc(-c2nc(CNC3CCCCCC3)nn2-c2ccc(F)cc2)cc1. The van der Waals surface area contributed by atoms with Gasteiger partial charge in [-0.3, -0.25) is 0 Å². The van der Waals surface area contributed by atoms with Gasteiger partial charge in [-0.2, -0.15) is 0 Å². The van der Waals surface area contributed by atoms with Crippen LogP contribution in [-0.4, -0.2) is 20.8 Å². The van der Waals surface area contributed by atoms with E-state index >= 15 is 0 Å². The first kappa shape index (κ1) is 20.7. The molecule has 0 amide bonds. The van der Waals surface area contributed by atoms with Crippen LogP contribution in [0.25, 0.3) is 17.1 Å². The molecule has 1 aromatic heterocycles. The highest BCUT2D eigenvalue weighted by atomic mass is 19.1. The van der Waals surface area contributed by atoms with E-state index in [1.54, 1.807) is 12.1 Å². The Morgan fingerprint density at radius 3 is 2.27 bits per heavy atom. The van der Waals surface area contributed by atoms with Crippen molar-refractivity contribution in [1.29, 1.82) is 0 Å². The molecule has 1 aliphatic carbocycles. The van der Waals surface area contributed by atoms with Gasteiger partial charge in [0.2, 0.25) is 0 Å². The van der Waals surface area contributed by atoms with Crippen molar-refractivity contribution in [3.05, 3.63) is 65.7 Å². The Kier molecular flexibility index (Phi) is 6.58. The monoisotopic (exact) mass is 406 g/mol. The molecule has 2 aromatic carbocycles. The van der Waals surface area contributed by atoms with E-state index in [1.165, 1.54) is 56.2 Å². The summed E-state index contributed by atoms with van der Waals surface area (Å²) in [5.41, 5.74) is 3.12. The number of hydrogen-bond acceptors (Lipinski definition) is 3. The number of nitrogens with one attached hydrogen (secondary N) is 1. The summed E-state index contributed by atoms with van der Waals surface area (Å²) in [5.74, 6) is 1.78. The molecule has 30 heavy (non-hydrogen) atoms. The zero-order valence-electron chi connectivity index (χ0n) is 17.9. The molecule has 0 saturated heterocycles. The smallest absolute Gasteiger partial charge is 0.165 e. The van der Waals surface area contributed by atoms with Crippen LogP contribution in [0, 0.1) is 5.82 Å². The predicted octanol–water partition coefficient (Wildman–Crippen LogP) is 6.01. The third-order valence-electron chi connectivity index (χ3n) is 5.96. The molecule has 5 heteroatoms. The molecule has 1 heterocycles. The molecule has 0 aliphatic heterocycles. The minimum Gasteiger partial charge on any atom is -0.307 e. The van der Waals surface area contributed by atoms with Crippen LogP contribution in [0.5, 0.6) is 0 Å². The second-order valence-corrected chi connectivity index (χ2v) is 8.59. The van der Waals surface area contributed by atoms with E-state index < -0.39 is 0 Å². The number of hydrogen-bond donors (Lipinski definition) is 1. The molecule has 1 N–H and O–H groups in total. The first-order valence-corrected chi connectivity index (χ1v) is 11.2. The van der Waals surface area contributed by atoms with E-state index in [2.05, 4.69) is 43.4 Å². The molecule has 3 aromatic rings. The molecular weight excluding hydrogens is 375 g/mol. The van der Waals surface area contributed by atoms with E-state index in [1.807, 2.05) is 4.68 Å². The molecule has 0 spiro atoms. The molecule has 4 rings (SSSR count). The zero-order chi connectivity index (χ0) is 20.9. The van der Waals surface area contributed by atoms with E-state index in [0.29, 0.717) is 18.5 Å². The van der Waals surface area contributed by atoms with Gasteiger partial charge in [0, 0.05) is 11.6 Å². The topological polar surface area (TPSA) is 42.7 Å². The van der Waals surface area contributed by atoms with Crippen molar-refractivity contribution in [3.8, 4) is 17.1 Å². The van der Waals surface area contributed by atoms with Crippen molar-refractivity contribution < 1.29 is 4.39 Å². The van der Waals surface area contributed by atoms with Crippen molar-refractivity contribution in [2.75, 3.05) is 0 Å². The second-order valence-electron chi connectivity index (χ2n) is 8.59. The minimum atomic E-state index is -0.253. The highest BCUT2D eigenvalue weighted by Crippen LogP contribution is 2.24. The Morgan fingerprint density at radius 2 is 1.63 bits per heavy atom. The normalized spacial score (nSPS) is 15.5. The maximum Gasteiger partial charge on any atom is 0.165 e. The van der Waals surface area contributed by atoms with E-state index in [4.69, 9.17) is 10.1 Å². The summed E-state index contributed by atoms with van der Waals surface area (Å²) in [6.07, 6.45) is 7.72. The largest absolute Gasteiger partial charge is 0.307 e. The summed E-state index contributed by atoms with van der Waals surface area (Å²) in [5, 5.41) is 8.43. The van der Waals surface area contributed by atoms with Crippen LogP contribution >= 0.6 is 0 Å². The van der Waals surface area contributed by atoms with Gasteiger partial charge in [-0.15, -0.1) is 5.10 Å². The first-order chi connectivity index (χ1) is 14.6. The molecule has 1 fully saturated rings. The van der Waals surface area contributed by atoms with Gasteiger partial charge < -0.3 is 5.32 Å². The number of aromatic nitrogens is 3. The van der Waals surface area contributed by atoms with Crippen LogP contribution in [0.2, 0.25) is 0 Å². The molecule has 0 bridgehead atoms. The maximum atomic E-state index is 13.5. The Balaban J connectivity index is 1.62. The average Bonchev–Trinajstić information content (AvgIpc) is 3.00. The molecule has 0 radical (unpaired) electrons. The summed E-state index contributed by atoms with van der Waals surface area (Å²) >= 11 is 0. The Morgan fingerprint density at radius 1 is 0.967 bits per heavy atom. The fourth-order valence-electron chi connectivity index (χ4n) is 4.11. The summed E-state index contributed by atoms with van der Waals surface area (Å²) in [6.45, 7) is 5.02. The van der Waals surface area contributed by atoms with Crippen LogP contribution in [0.15, 0.2) is 48.5 Å². The molecular formula is C25H31FN4. The van der Waals surface area contributed by atoms with Crippen molar-refractivity contribution in [1.82, 2.24) is 20.1 Å². The third kappa shape index (κ3) is 4.96. The van der Waals surface area contributed by atoms with Crippen molar-refractivity contribution in [3.63, 3.8) is 0 Å². The minimum absolute atomic E-state index is 0.253. The van der Waals surface area contributed by atoms with Gasteiger partial charge in [0.1, 0.15) is 5.82 Å². The van der Waals surface area contributed by atoms with E-state index in [9.17, 15) is 4.39 Å². The molecule has 0 unspecified atom stereocenters. The highest BCUT2D eigenvalue weighted by Gasteiger charge is 2.17. The molecule has 158 valence electrons. The lowest BCUT2D eigenvalue weighted by Gasteiger charge is -2.14. The van der Waals surface area contributed by atoms with Gasteiger partial charge in [0.15, 0.2) is 11.6 Å². The Hall–Kier alpha value is -2.53. The second kappa shape index (κ2) is 9.52. The number of nitrogens with zero attached hydrogens (tertiary/aromatic N) is 3. The first-order valence-electron chi connectivity index (χ1n) is 11.2. The lowest BCUT2D eigenvalue weighted by Crippen LogP contribution is -2.28. The van der Waals surface area contributed by atoms with Crippen molar-refractivity contribution >= 4 is 0 Å². The zero-order valence-corrected chi connectivity index (χ0v) is 17.9. The van der Waals surface area contributed by atoms with E-state index in [0.717, 1.165) is 22.9 Å². The maximum absolute atomic E-state index is 13.5. The quantitative estimate of drug-likeness (QED) is 0.510. The molecule has 1 aliphatic rings. The molecule has 4 nitrogen and oxygen atoms in total. The third-order valence-corrected chi connectivity index (χ3v) is 5.96. The van der Waals surface area contributed by atoms with Crippen molar-refractivity contribution in [2.24, 2.45) is 0 Å². The van der Waals surface area contributed by atoms with Gasteiger partial charge in [-0.25, -0.2) is 14.1 Å². The fraction of sp³-hybridized carbons (Fsp3) is 0.440. The average molecular weight is 407 g/mol. The Labute approximate surface area is 178 Å². The van der Waals surface area contributed by atoms with Crippen LogP contribution in [0.4, 0.5) is 4.39 Å². The summed E-state index contributed by atoms with van der Waals surface area (Å²) in [6, 6.07) is 15.5. The highest BCUT2D eigenvalue weighted by molar-refractivity contribution is 5.58. The van der Waals surface area contributed by atoms with Crippen LogP contribution in [0.3, 0.4) is 0 Å². The number of rotatable bonds is 6. The lowest BCUT2D eigenvalue weighted by molar-refractivity contribution is 0.452. The van der Waals surface area contributed by atoms with Gasteiger partial charge in [-0.1, -0.05) is 63.8 Å². The summed E-state index contributed by atoms with van der Waals surface area (Å²) < 4.78 is 15.3. The lowest BCUT2D eigenvalue weighted by atomic mass is 10.0. The number of benzene rings is 2. The Bertz CT molecular complexity index is 936. The summed E-state index contributed by atoms with van der Waals surface area (Å²) in [4.78, 5) is 4.86. The molecule has 0 atom stereocenters. The van der Waals surface area contributed by atoms with Crippen LogP contribution in [0.1, 0.15) is 69.7 Å². The summed E-state index contributed by atoms with van der Waals surface area (Å²) in [7, 11) is 0. The molecule has 1 saturated carbocycles. The van der Waals surface area contributed by atoms with Gasteiger partial charge >= 0.3 is 0 Å². The predicted molar refractivity (Wildman–Crippen MR) is 119 cm³/mol. The standard InChI is InChI=1S/C25H31FN4/c1-18(2)19-9-11-20(12-10-19)25-28-24(17-27-22-7-5-3-4-6-8-22)29-30(25)23-15-13-21(26)14-16-23/h9-16,18,22,27H,3-8,17H2,1-2H3. The fourth-order valence-corrected chi connectivity index (χ4v) is 4.11. The van der Waals surface area contributed by atoms with Gasteiger partial charge in [-0.05, 0) is 48.6 Å². The van der Waals surface area contributed by atoms with Gasteiger partial charge in [0.25, 0.3) is 0 Å².